The summed E-state index contributed by atoms with van der Waals surface area (Å²) in [4.78, 5) is 13.0. The van der Waals surface area contributed by atoms with Crippen LogP contribution < -0.4 is 14.4 Å². The zero-order chi connectivity index (χ0) is 25.4. The molecule has 0 aliphatic carbocycles. The van der Waals surface area contributed by atoms with Crippen LogP contribution in [0.4, 0.5) is 5.69 Å². The SMILES string of the molecule is CNC(=O)c1c(-c2ccc(Oc3ccccc3)cc2)nn2cc3c(cc12)C(C)CCCN3S(C)(=O)=O. The largest absolute Gasteiger partial charge is 0.457 e. The van der Waals surface area contributed by atoms with Crippen LogP contribution >= 0.6 is 0 Å². The van der Waals surface area contributed by atoms with E-state index in [4.69, 9.17) is 9.84 Å². The van der Waals surface area contributed by atoms with Crippen LogP contribution in [0, 0.1) is 0 Å². The van der Waals surface area contributed by atoms with E-state index >= 15 is 0 Å². The Morgan fingerprint density at radius 1 is 1.08 bits per heavy atom. The smallest absolute Gasteiger partial charge is 0.255 e. The number of hydrogen-bond donors (Lipinski definition) is 1. The molecule has 0 bridgehead atoms. The Kier molecular flexibility index (Phi) is 6.17. The van der Waals surface area contributed by atoms with E-state index in [1.807, 2.05) is 60.7 Å². The van der Waals surface area contributed by atoms with Crippen molar-refractivity contribution in [2.24, 2.45) is 0 Å². The number of nitrogens with zero attached hydrogens (tertiary/aromatic N) is 3. The summed E-state index contributed by atoms with van der Waals surface area (Å²) in [5.41, 5.74) is 3.85. The van der Waals surface area contributed by atoms with Gasteiger partial charge in [-0.25, -0.2) is 12.9 Å². The van der Waals surface area contributed by atoms with E-state index in [1.54, 1.807) is 17.8 Å². The van der Waals surface area contributed by atoms with E-state index in [0.29, 0.717) is 34.8 Å². The molecule has 1 unspecified atom stereocenters. The molecule has 1 aliphatic heterocycles. The third-order valence-electron chi connectivity index (χ3n) is 6.54. The van der Waals surface area contributed by atoms with Gasteiger partial charge in [-0.3, -0.25) is 9.10 Å². The highest BCUT2D eigenvalue weighted by molar-refractivity contribution is 7.92. The van der Waals surface area contributed by atoms with Crippen LogP contribution in [0.1, 0.15) is 41.6 Å². The zero-order valence-electron chi connectivity index (χ0n) is 20.4. The number of sulfonamides is 1. The summed E-state index contributed by atoms with van der Waals surface area (Å²) < 4.78 is 34.1. The fourth-order valence-corrected chi connectivity index (χ4v) is 5.69. The van der Waals surface area contributed by atoms with Crippen molar-refractivity contribution in [1.82, 2.24) is 14.9 Å². The van der Waals surface area contributed by atoms with Gasteiger partial charge >= 0.3 is 0 Å². The first kappa shape index (κ1) is 23.9. The lowest BCUT2D eigenvalue weighted by molar-refractivity contribution is 0.0965. The van der Waals surface area contributed by atoms with Gasteiger partial charge in [0, 0.05) is 19.2 Å². The number of carbonyl (C=O) groups is 1. The Morgan fingerprint density at radius 3 is 2.44 bits per heavy atom. The van der Waals surface area contributed by atoms with Crippen molar-refractivity contribution in [3.05, 3.63) is 78.0 Å². The molecule has 0 saturated heterocycles. The van der Waals surface area contributed by atoms with Crippen LogP contribution in [0.25, 0.3) is 16.8 Å². The Balaban J connectivity index is 1.63. The normalized spacial score (nSPS) is 15.9. The van der Waals surface area contributed by atoms with Gasteiger partial charge in [-0.1, -0.05) is 25.1 Å². The monoisotopic (exact) mass is 504 g/mol. The number of amides is 1. The second kappa shape index (κ2) is 9.31. The highest BCUT2D eigenvalue weighted by Crippen LogP contribution is 2.38. The van der Waals surface area contributed by atoms with E-state index in [1.165, 1.54) is 10.6 Å². The molecule has 1 N–H and O–H groups in total. The average Bonchev–Trinajstić information content (AvgIpc) is 3.15. The second-order valence-corrected chi connectivity index (χ2v) is 11.0. The van der Waals surface area contributed by atoms with Gasteiger partial charge in [-0.15, -0.1) is 0 Å². The Hall–Kier alpha value is -3.85. The number of ether oxygens (including phenoxy) is 1. The lowest BCUT2D eigenvalue weighted by Crippen LogP contribution is -2.31. The lowest BCUT2D eigenvalue weighted by Gasteiger charge is -2.23. The van der Waals surface area contributed by atoms with Crippen molar-refractivity contribution in [1.29, 1.82) is 0 Å². The molecule has 2 aromatic heterocycles. The lowest BCUT2D eigenvalue weighted by atomic mass is 9.96. The highest BCUT2D eigenvalue weighted by atomic mass is 32.2. The van der Waals surface area contributed by atoms with Crippen LogP contribution in [0.3, 0.4) is 0 Å². The average molecular weight is 505 g/mol. The molecule has 0 saturated carbocycles. The number of pyridine rings is 1. The topological polar surface area (TPSA) is 93.0 Å². The summed E-state index contributed by atoms with van der Waals surface area (Å²) in [6.45, 7) is 2.50. The van der Waals surface area contributed by atoms with Crippen molar-refractivity contribution in [3.63, 3.8) is 0 Å². The van der Waals surface area contributed by atoms with Crippen LogP contribution in [-0.2, 0) is 10.0 Å². The number of anilines is 1. The number of benzene rings is 2. The van der Waals surface area contributed by atoms with E-state index in [2.05, 4.69) is 12.2 Å². The minimum absolute atomic E-state index is 0.141. The van der Waals surface area contributed by atoms with Gasteiger partial charge in [-0.05, 0) is 66.8 Å². The molecule has 3 heterocycles. The van der Waals surface area contributed by atoms with E-state index in [9.17, 15) is 13.2 Å². The van der Waals surface area contributed by atoms with E-state index in [0.717, 1.165) is 29.7 Å². The quantitative estimate of drug-likeness (QED) is 0.421. The van der Waals surface area contributed by atoms with Crippen LogP contribution in [0.2, 0.25) is 0 Å². The van der Waals surface area contributed by atoms with Crippen LogP contribution in [0.5, 0.6) is 11.5 Å². The summed E-state index contributed by atoms with van der Waals surface area (Å²) in [6, 6.07) is 18.8. The molecule has 186 valence electrons. The summed E-state index contributed by atoms with van der Waals surface area (Å²) in [5.74, 6) is 1.28. The van der Waals surface area contributed by atoms with E-state index in [-0.39, 0.29) is 11.8 Å². The molecule has 1 atom stereocenters. The molecule has 1 aliphatic rings. The number of carbonyl (C=O) groups excluding carboxylic acids is 1. The van der Waals surface area contributed by atoms with Gasteiger partial charge < -0.3 is 10.1 Å². The van der Waals surface area contributed by atoms with Crippen LogP contribution in [0.15, 0.2) is 66.9 Å². The second-order valence-electron chi connectivity index (χ2n) is 9.06. The number of aromatic nitrogens is 2. The maximum absolute atomic E-state index is 13.0. The van der Waals surface area contributed by atoms with Crippen molar-refractivity contribution in [3.8, 4) is 22.8 Å². The first-order chi connectivity index (χ1) is 17.3. The molecule has 0 spiro atoms. The fraction of sp³-hybridized carbons (Fsp3) is 0.259. The van der Waals surface area contributed by atoms with Gasteiger partial charge in [0.2, 0.25) is 10.0 Å². The predicted molar refractivity (Wildman–Crippen MR) is 140 cm³/mol. The number of hydrogen-bond acceptors (Lipinski definition) is 5. The minimum atomic E-state index is -3.46. The first-order valence-corrected chi connectivity index (χ1v) is 13.7. The molecular weight excluding hydrogens is 476 g/mol. The maximum Gasteiger partial charge on any atom is 0.255 e. The molecule has 36 heavy (non-hydrogen) atoms. The number of rotatable bonds is 5. The van der Waals surface area contributed by atoms with Gasteiger partial charge in [0.1, 0.15) is 17.2 Å². The van der Waals surface area contributed by atoms with Gasteiger partial charge in [-0.2, -0.15) is 5.10 Å². The fourth-order valence-electron chi connectivity index (χ4n) is 4.72. The summed E-state index contributed by atoms with van der Waals surface area (Å²) >= 11 is 0. The predicted octanol–water partition coefficient (Wildman–Crippen LogP) is 4.82. The Labute approximate surface area is 210 Å². The molecule has 2 aromatic carbocycles. The summed E-state index contributed by atoms with van der Waals surface area (Å²) in [7, 11) is -1.88. The first-order valence-electron chi connectivity index (χ1n) is 11.9. The number of para-hydroxylation sites is 1. The molecule has 0 radical (unpaired) electrons. The molecule has 4 aromatic rings. The summed E-state index contributed by atoms with van der Waals surface area (Å²) in [6.07, 6.45) is 4.57. The highest BCUT2D eigenvalue weighted by Gasteiger charge is 2.29. The van der Waals surface area contributed by atoms with Crippen molar-refractivity contribution < 1.29 is 17.9 Å². The third-order valence-corrected chi connectivity index (χ3v) is 7.72. The van der Waals surface area contributed by atoms with E-state index < -0.39 is 10.0 Å². The Bertz CT molecular complexity index is 1530. The van der Waals surface area contributed by atoms with Crippen molar-refractivity contribution in [2.45, 2.75) is 25.7 Å². The molecule has 8 nitrogen and oxygen atoms in total. The standard InChI is InChI=1S/C27H28N4O4S/c1-18-8-7-15-31(36(3,33)34)24-17-30-23(16-22(18)24)25(27(32)28-2)26(29-30)19-11-13-21(14-12-19)35-20-9-5-4-6-10-20/h4-6,9-14,16-18H,7-8,15H2,1-3H3,(H,28,32). The molecule has 9 heteroatoms. The zero-order valence-corrected chi connectivity index (χ0v) is 21.2. The summed E-state index contributed by atoms with van der Waals surface area (Å²) in [5, 5.41) is 7.47. The third kappa shape index (κ3) is 4.42. The number of nitrogens with one attached hydrogen (secondary N) is 1. The minimum Gasteiger partial charge on any atom is -0.457 e. The van der Waals surface area contributed by atoms with Gasteiger partial charge in [0.05, 0.1) is 29.2 Å². The van der Waals surface area contributed by atoms with Crippen LogP contribution in [-0.4, -0.2) is 43.8 Å². The molecular formula is C27H28N4O4S. The van der Waals surface area contributed by atoms with Gasteiger partial charge in [0.15, 0.2) is 0 Å². The van der Waals surface area contributed by atoms with Crippen molar-refractivity contribution >= 4 is 27.1 Å². The molecule has 5 rings (SSSR count). The molecule has 1 amide bonds. The Morgan fingerprint density at radius 2 is 1.78 bits per heavy atom. The maximum atomic E-state index is 13.0. The molecule has 0 fully saturated rings. The number of fused-ring (bicyclic) bond motifs is 2. The van der Waals surface area contributed by atoms with Crippen molar-refractivity contribution in [2.75, 3.05) is 24.2 Å². The van der Waals surface area contributed by atoms with Gasteiger partial charge in [0.25, 0.3) is 5.91 Å².